The van der Waals surface area contributed by atoms with Crippen LogP contribution >= 0.6 is 23.1 Å². The zero-order valence-corrected chi connectivity index (χ0v) is 20.1. The molecule has 1 amide bonds. The number of thioether (sulfide) groups is 1. The Morgan fingerprint density at radius 2 is 2.09 bits per heavy atom. The van der Waals surface area contributed by atoms with Gasteiger partial charge in [-0.15, -0.1) is 11.3 Å². The summed E-state index contributed by atoms with van der Waals surface area (Å²) in [7, 11) is 3.20. The standard InChI is InChI=1S/C23H27N3O4S2/c1-13-4-6-15-18(10-13)32-21-20(15)22(28)26(23(25-21)31-12-19(24)27)9-8-14-5-7-16(29-2)17(11-14)30-3/h5,7,11,13H,4,6,8-10,12H2,1-3H3,(H2,24,27)/t13-/m1/s1. The van der Waals surface area contributed by atoms with Crippen LogP contribution in [0.15, 0.2) is 28.2 Å². The maximum atomic E-state index is 13.6. The first-order valence-electron chi connectivity index (χ1n) is 10.6. The van der Waals surface area contributed by atoms with Crippen LogP contribution in [0.2, 0.25) is 0 Å². The third kappa shape index (κ3) is 4.49. The number of carbonyl (C=O) groups excluding carboxylic acids is 1. The molecule has 2 aromatic heterocycles. The summed E-state index contributed by atoms with van der Waals surface area (Å²) in [6.07, 6.45) is 3.60. The van der Waals surface area contributed by atoms with Gasteiger partial charge in [-0.25, -0.2) is 4.98 Å². The van der Waals surface area contributed by atoms with Gasteiger partial charge in [-0.05, 0) is 54.9 Å². The van der Waals surface area contributed by atoms with E-state index in [2.05, 4.69) is 6.92 Å². The van der Waals surface area contributed by atoms with Gasteiger partial charge in [-0.1, -0.05) is 24.8 Å². The van der Waals surface area contributed by atoms with Gasteiger partial charge >= 0.3 is 0 Å². The summed E-state index contributed by atoms with van der Waals surface area (Å²) in [5.74, 6) is 1.57. The molecule has 0 saturated carbocycles. The van der Waals surface area contributed by atoms with Crippen LogP contribution in [-0.4, -0.2) is 35.4 Å². The highest BCUT2D eigenvalue weighted by atomic mass is 32.2. The number of hydrogen-bond donors (Lipinski definition) is 1. The highest BCUT2D eigenvalue weighted by Crippen LogP contribution is 2.36. The third-order valence-electron chi connectivity index (χ3n) is 5.80. The molecule has 2 heterocycles. The van der Waals surface area contributed by atoms with Crippen molar-refractivity contribution in [3.63, 3.8) is 0 Å². The zero-order valence-electron chi connectivity index (χ0n) is 18.5. The number of ether oxygens (including phenoxy) is 2. The quantitative estimate of drug-likeness (QED) is 0.398. The Balaban J connectivity index is 1.72. The van der Waals surface area contributed by atoms with Crippen LogP contribution in [0.5, 0.6) is 11.5 Å². The van der Waals surface area contributed by atoms with Crippen molar-refractivity contribution in [3.05, 3.63) is 44.6 Å². The minimum atomic E-state index is -0.435. The van der Waals surface area contributed by atoms with Gasteiger partial charge in [0.2, 0.25) is 5.91 Å². The van der Waals surface area contributed by atoms with E-state index in [1.165, 1.54) is 16.6 Å². The highest BCUT2D eigenvalue weighted by Gasteiger charge is 2.25. The fourth-order valence-electron chi connectivity index (χ4n) is 4.12. The summed E-state index contributed by atoms with van der Waals surface area (Å²) in [5, 5.41) is 1.28. The molecule has 0 aliphatic heterocycles. The van der Waals surface area contributed by atoms with Crippen LogP contribution in [0.3, 0.4) is 0 Å². The number of rotatable bonds is 8. The molecule has 0 saturated heterocycles. The van der Waals surface area contributed by atoms with Gasteiger partial charge in [-0.2, -0.15) is 0 Å². The number of carbonyl (C=O) groups is 1. The Morgan fingerprint density at radius 3 is 2.81 bits per heavy atom. The Labute approximate surface area is 194 Å². The molecule has 0 spiro atoms. The van der Waals surface area contributed by atoms with Gasteiger partial charge in [0.1, 0.15) is 4.83 Å². The monoisotopic (exact) mass is 473 g/mol. The molecule has 3 aromatic rings. The number of nitrogens with zero attached hydrogens (tertiary/aromatic N) is 2. The average molecular weight is 474 g/mol. The Bertz CT molecular complexity index is 1220. The highest BCUT2D eigenvalue weighted by molar-refractivity contribution is 7.99. The Hall–Kier alpha value is -2.52. The van der Waals surface area contributed by atoms with Gasteiger partial charge < -0.3 is 15.2 Å². The summed E-state index contributed by atoms with van der Waals surface area (Å²) < 4.78 is 12.4. The summed E-state index contributed by atoms with van der Waals surface area (Å²) >= 11 is 2.83. The molecule has 1 aliphatic carbocycles. The minimum absolute atomic E-state index is 0.0329. The van der Waals surface area contributed by atoms with Crippen LogP contribution in [0.1, 0.15) is 29.3 Å². The number of aromatic nitrogens is 2. The Kier molecular flexibility index (Phi) is 6.76. The van der Waals surface area contributed by atoms with E-state index in [9.17, 15) is 9.59 Å². The smallest absolute Gasteiger partial charge is 0.263 e. The molecule has 1 aromatic carbocycles. The van der Waals surface area contributed by atoms with E-state index in [1.54, 1.807) is 30.1 Å². The lowest BCUT2D eigenvalue weighted by molar-refractivity contribution is -0.115. The molecule has 7 nitrogen and oxygen atoms in total. The number of benzene rings is 1. The molecule has 170 valence electrons. The van der Waals surface area contributed by atoms with Crippen LogP contribution in [0.4, 0.5) is 0 Å². The van der Waals surface area contributed by atoms with Crippen molar-refractivity contribution in [1.29, 1.82) is 0 Å². The predicted octanol–water partition coefficient (Wildman–Crippen LogP) is 3.42. The van der Waals surface area contributed by atoms with Gasteiger partial charge in [0.05, 0.1) is 25.4 Å². The van der Waals surface area contributed by atoms with E-state index in [1.807, 2.05) is 18.2 Å². The Morgan fingerprint density at radius 1 is 1.31 bits per heavy atom. The zero-order chi connectivity index (χ0) is 22.8. The van der Waals surface area contributed by atoms with Crippen molar-refractivity contribution in [2.45, 2.75) is 44.3 Å². The number of nitrogens with two attached hydrogens (primary N) is 1. The molecule has 1 atom stereocenters. The summed E-state index contributed by atoms with van der Waals surface area (Å²) in [4.78, 5) is 31.9. The van der Waals surface area contributed by atoms with Crippen LogP contribution < -0.4 is 20.8 Å². The number of fused-ring (bicyclic) bond motifs is 3. The average Bonchev–Trinajstić information content (AvgIpc) is 3.14. The lowest BCUT2D eigenvalue weighted by Gasteiger charge is -2.18. The van der Waals surface area contributed by atoms with Gasteiger partial charge in [-0.3, -0.25) is 14.2 Å². The first-order chi connectivity index (χ1) is 15.4. The first-order valence-corrected chi connectivity index (χ1v) is 12.4. The predicted molar refractivity (Wildman–Crippen MR) is 128 cm³/mol. The number of aryl methyl sites for hydroxylation is 2. The van der Waals surface area contributed by atoms with E-state index in [0.717, 1.165) is 40.6 Å². The van der Waals surface area contributed by atoms with Crippen molar-refractivity contribution in [1.82, 2.24) is 9.55 Å². The number of thiophene rings is 1. The van der Waals surface area contributed by atoms with Crippen molar-refractivity contribution in [2.75, 3.05) is 20.0 Å². The van der Waals surface area contributed by atoms with Gasteiger partial charge in [0.15, 0.2) is 16.7 Å². The number of primary amides is 1. The fourth-order valence-corrected chi connectivity index (χ4v) is 6.31. The number of amides is 1. The topological polar surface area (TPSA) is 96.4 Å². The fraction of sp³-hybridized carbons (Fsp3) is 0.435. The van der Waals surface area contributed by atoms with Gasteiger partial charge in [0.25, 0.3) is 5.56 Å². The van der Waals surface area contributed by atoms with Crippen LogP contribution in [0.25, 0.3) is 10.2 Å². The number of methoxy groups -OCH3 is 2. The number of hydrogen-bond acceptors (Lipinski definition) is 7. The lowest BCUT2D eigenvalue weighted by atomic mass is 9.89. The molecular formula is C23H27N3O4S2. The van der Waals surface area contributed by atoms with Crippen molar-refractivity contribution >= 4 is 39.2 Å². The lowest BCUT2D eigenvalue weighted by Crippen LogP contribution is -2.25. The molecule has 0 bridgehead atoms. The second-order valence-corrected chi connectivity index (χ2v) is 10.1. The molecule has 2 N–H and O–H groups in total. The summed E-state index contributed by atoms with van der Waals surface area (Å²) in [6, 6.07) is 5.74. The molecule has 1 aliphatic rings. The molecule has 0 radical (unpaired) electrons. The van der Waals surface area contributed by atoms with E-state index in [0.29, 0.717) is 35.5 Å². The summed E-state index contributed by atoms with van der Waals surface area (Å²) in [5.41, 5.74) is 7.50. The largest absolute Gasteiger partial charge is 0.493 e. The van der Waals surface area contributed by atoms with Crippen LogP contribution in [0, 0.1) is 5.92 Å². The van der Waals surface area contributed by atoms with Crippen molar-refractivity contribution in [2.24, 2.45) is 11.7 Å². The minimum Gasteiger partial charge on any atom is -0.493 e. The first kappa shape index (κ1) is 22.7. The molecule has 32 heavy (non-hydrogen) atoms. The SMILES string of the molecule is COc1ccc(CCn2c(SCC(N)=O)nc3sc4c(c3c2=O)CC[C@@H](C)C4)cc1OC. The van der Waals surface area contributed by atoms with E-state index >= 15 is 0 Å². The summed E-state index contributed by atoms with van der Waals surface area (Å²) in [6.45, 7) is 2.69. The molecule has 0 unspecified atom stereocenters. The second-order valence-electron chi connectivity index (χ2n) is 8.08. The van der Waals surface area contributed by atoms with Crippen LogP contribution in [-0.2, 0) is 30.6 Å². The van der Waals surface area contributed by atoms with Crippen molar-refractivity contribution in [3.8, 4) is 11.5 Å². The maximum absolute atomic E-state index is 13.6. The third-order valence-corrected chi connectivity index (χ3v) is 7.94. The van der Waals surface area contributed by atoms with E-state index in [-0.39, 0.29) is 11.3 Å². The molecule has 4 rings (SSSR count). The van der Waals surface area contributed by atoms with E-state index < -0.39 is 5.91 Å². The van der Waals surface area contributed by atoms with Crippen molar-refractivity contribution < 1.29 is 14.3 Å². The maximum Gasteiger partial charge on any atom is 0.263 e. The second kappa shape index (κ2) is 9.54. The molecular weight excluding hydrogens is 446 g/mol. The normalized spacial score (nSPS) is 15.5. The molecule has 9 heteroatoms. The van der Waals surface area contributed by atoms with Gasteiger partial charge in [0, 0.05) is 11.4 Å². The molecule has 0 fully saturated rings. The van der Waals surface area contributed by atoms with E-state index in [4.69, 9.17) is 20.2 Å².